The number of nitrogens with zero attached hydrogens (tertiary/aromatic N) is 1. The van der Waals surface area contributed by atoms with Gasteiger partial charge in [-0.15, -0.1) is 11.6 Å². The fourth-order valence-corrected chi connectivity index (χ4v) is 5.24. The van der Waals surface area contributed by atoms with Gasteiger partial charge in [0, 0.05) is 19.1 Å². The first kappa shape index (κ1) is 38.1. The second kappa shape index (κ2) is 18.2. The number of unbranched alkanes of at least 4 members (excludes halogenated alkanes) is 2. The molecule has 0 spiro atoms. The molecule has 1 aliphatic heterocycles. The lowest BCUT2D eigenvalue weighted by atomic mass is 9.65. The van der Waals surface area contributed by atoms with Crippen LogP contribution in [0.3, 0.4) is 0 Å². The highest BCUT2D eigenvalue weighted by Gasteiger charge is 2.40. The molecule has 7 heteroatoms. The fraction of sp³-hybridized carbons (Fsp3) is 0.917. The Labute approximate surface area is 198 Å². The van der Waals surface area contributed by atoms with Gasteiger partial charge in [-0.1, -0.05) is 67.0 Å². The summed E-state index contributed by atoms with van der Waals surface area (Å²) in [6.07, 6.45) is 12.4. The van der Waals surface area contributed by atoms with Crippen LogP contribution in [0.4, 0.5) is 0 Å². The van der Waals surface area contributed by atoms with Crippen LogP contribution in [-0.4, -0.2) is 58.9 Å². The highest BCUT2D eigenvalue weighted by atomic mass is 35.5. The normalized spacial score (nSPS) is 25.7. The van der Waals surface area contributed by atoms with E-state index >= 15 is 0 Å². The number of halogens is 1. The molecule has 0 aromatic rings. The van der Waals surface area contributed by atoms with Crippen molar-refractivity contribution in [2.24, 2.45) is 23.2 Å². The first-order valence-electron chi connectivity index (χ1n) is 11.1. The third kappa shape index (κ3) is 12.0. The summed E-state index contributed by atoms with van der Waals surface area (Å²) in [7, 11) is 0. The molecule has 1 heterocycles. The number of nitrogens with one attached hydrogen (secondary N) is 1. The molecule has 1 saturated heterocycles. The van der Waals surface area contributed by atoms with E-state index < -0.39 is 0 Å². The van der Waals surface area contributed by atoms with Crippen LogP contribution >= 0.6 is 11.6 Å². The Hall–Kier alpha value is -0.210. The maximum Gasteiger partial charge on any atom is 0.0516 e. The molecular formula is C24H56ClN3O3. The van der Waals surface area contributed by atoms with Crippen LogP contribution in [0.25, 0.3) is 0 Å². The van der Waals surface area contributed by atoms with Gasteiger partial charge < -0.3 is 32.8 Å². The van der Waals surface area contributed by atoms with E-state index in [1.54, 1.807) is 0 Å². The van der Waals surface area contributed by atoms with E-state index in [2.05, 4.69) is 57.0 Å². The summed E-state index contributed by atoms with van der Waals surface area (Å²) in [5, 5.41) is 4.10. The van der Waals surface area contributed by atoms with Crippen LogP contribution in [0, 0.1) is 23.2 Å². The van der Waals surface area contributed by atoms with Crippen LogP contribution in [0.2, 0.25) is 0 Å². The second-order valence-electron chi connectivity index (χ2n) is 9.77. The van der Waals surface area contributed by atoms with Crippen molar-refractivity contribution in [1.29, 1.82) is 0 Å². The molecule has 6 nitrogen and oxygen atoms in total. The maximum absolute atomic E-state index is 6.26. The summed E-state index contributed by atoms with van der Waals surface area (Å²) in [6, 6.07) is 0.616. The van der Waals surface area contributed by atoms with Crippen LogP contribution in [0.5, 0.6) is 0 Å². The third-order valence-electron chi connectivity index (χ3n) is 6.70. The molecule has 192 valence electrons. The van der Waals surface area contributed by atoms with Crippen LogP contribution in [0.1, 0.15) is 80.6 Å². The van der Waals surface area contributed by atoms with Crippen LogP contribution in [-0.2, 0) is 0 Å². The minimum absolute atomic E-state index is 0. The average molecular weight is 470 g/mol. The van der Waals surface area contributed by atoms with E-state index in [0.29, 0.717) is 17.4 Å². The van der Waals surface area contributed by atoms with Crippen LogP contribution < -0.4 is 11.5 Å². The van der Waals surface area contributed by atoms with Gasteiger partial charge in [-0.2, -0.15) is 0 Å². The number of piperidine rings is 1. The summed E-state index contributed by atoms with van der Waals surface area (Å²) in [5.41, 5.74) is 0.385. The summed E-state index contributed by atoms with van der Waals surface area (Å²) < 4.78 is 0. The van der Waals surface area contributed by atoms with Crippen LogP contribution in [0.15, 0.2) is 12.2 Å². The Balaban J connectivity index is -0.000000729. The molecule has 2 aliphatic rings. The molecule has 0 saturated carbocycles. The first-order chi connectivity index (χ1) is 12.3. The van der Waals surface area contributed by atoms with Gasteiger partial charge in [0.2, 0.25) is 0 Å². The van der Waals surface area contributed by atoms with Crippen molar-refractivity contribution in [1.82, 2.24) is 16.4 Å². The number of hydrogen-bond donors (Lipinski definition) is 2. The van der Waals surface area contributed by atoms with E-state index in [1.807, 2.05) is 0 Å². The zero-order valence-corrected chi connectivity index (χ0v) is 20.9. The number of allylic oxidation sites excluding steroid dienone is 2. The summed E-state index contributed by atoms with van der Waals surface area (Å²) in [4.78, 5) is 2.73. The predicted molar refractivity (Wildman–Crippen MR) is 139 cm³/mol. The molecule has 1 fully saturated rings. The van der Waals surface area contributed by atoms with E-state index in [1.165, 1.54) is 58.3 Å². The Kier molecular flexibility index (Phi) is 22.4. The monoisotopic (exact) mass is 469 g/mol. The average Bonchev–Trinajstić information content (AvgIpc) is 2.58. The second-order valence-corrected chi connectivity index (χ2v) is 10.3. The number of likely N-dealkylation sites (tertiary alicyclic amines) is 1. The van der Waals surface area contributed by atoms with Gasteiger partial charge in [0.25, 0.3) is 0 Å². The molecule has 0 aromatic heterocycles. The molecule has 0 aromatic carbocycles. The van der Waals surface area contributed by atoms with Gasteiger partial charge in [-0.05, 0) is 61.9 Å². The van der Waals surface area contributed by atoms with Gasteiger partial charge in [0.1, 0.15) is 0 Å². The molecule has 0 amide bonds. The molecule has 0 bridgehead atoms. The van der Waals surface area contributed by atoms with Crippen molar-refractivity contribution in [2.75, 3.05) is 26.2 Å². The number of hydrogen-bond acceptors (Lipinski definition) is 3. The van der Waals surface area contributed by atoms with Gasteiger partial charge in [-0.3, -0.25) is 0 Å². The van der Waals surface area contributed by atoms with Crippen molar-refractivity contribution in [3.63, 3.8) is 0 Å². The molecule has 4 atom stereocenters. The largest absolute Gasteiger partial charge is 0.412 e. The van der Waals surface area contributed by atoms with Gasteiger partial charge in [0.15, 0.2) is 0 Å². The van der Waals surface area contributed by atoms with E-state index in [4.69, 9.17) is 11.6 Å². The fourth-order valence-electron chi connectivity index (χ4n) is 5.03. The van der Waals surface area contributed by atoms with E-state index in [-0.39, 0.29) is 35.4 Å². The first-order valence-corrected chi connectivity index (χ1v) is 11.5. The Bertz CT molecular complexity index is 450. The van der Waals surface area contributed by atoms with Gasteiger partial charge in [0.05, 0.1) is 5.38 Å². The quantitative estimate of drug-likeness (QED) is 0.298. The summed E-state index contributed by atoms with van der Waals surface area (Å²) in [5.74, 6) is 2.23. The van der Waals surface area contributed by atoms with Gasteiger partial charge in [-0.25, -0.2) is 0 Å². The molecule has 2 rings (SSSR count). The SMILES string of the molecule is C.CCCCCN[C@@H](CN1CC[C@H](C2C=CC(Cl)CC2)C(C)(C)C1)C(C)C.N.O.O.O. The molecule has 1 aliphatic carbocycles. The summed E-state index contributed by atoms with van der Waals surface area (Å²) in [6.45, 7) is 16.8. The molecule has 2 unspecified atom stereocenters. The highest BCUT2D eigenvalue weighted by Crippen LogP contribution is 2.43. The lowest BCUT2D eigenvalue weighted by molar-refractivity contribution is 0.0220. The van der Waals surface area contributed by atoms with Crippen molar-refractivity contribution in [3.05, 3.63) is 12.2 Å². The smallest absolute Gasteiger partial charge is 0.0516 e. The summed E-state index contributed by atoms with van der Waals surface area (Å²) >= 11 is 6.26. The third-order valence-corrected chi connectivity index (χ3v) is 7.06. The van der Waals surface area contributed by atoms with Crippen molar-refractivity contribution < 1.29 is 16.4 Å². The Morgan fingerprint density at radius 3 is 2.19 bits per heavy atom. The molecule has 31 heavy (non-hydrogen) atoms. The maximum atomic E-state index is 6.26. The zero-order chi connectivity index (χ0) is 19.2. The van der Waals surface area contributed by atoms with E-state index in [0.717, 1.165) is 18.3 Å². The molecule has 10 N–H and O–H groups in total. The number of rotatable bonds is 9. The molecule has 0 radical (unpaired) electrons. The highest BCUT2D eigenvalue weighted by molar-refractivity contribution is 6.21. The predicted octanol–water partition coefficient (Wildman–Crippen LogP) is 4.04. The lowest BCUT2D eigenvalue weighted by Crippen LogP contribution is -2.53. The van der Waals surface area contributed by atoms with Gasteiger partial charge >= 0.3 is 0 Å². The molecular weight excluding hydrogens is 414 g/mol. The van der Waals surface area contributed by atoms with E-state index in [9.17, 15) is 0 Å². The topological polar surface area (TPSA) is 145 Å². The number of alkyl halides is 1. The zero-order valence-electron chi connectivity index (χ0n) is 20.1. The minimum atomic E-state index is 0. The van der Waals surface area contributed by atoms with Crippen molar-refractivity contribution in [3.8, 4) is 0 Å². The Morgan fingerprint density at radius 2 is 1.71 bits per heavy atom. The minimum Gasteiger partial charge on any atom is -0.412 e. The lowest BCUT2D eigenvalue weighted by Gasteiger charge is -2.48. The van der Waals surface area contributed by atoms with Crippen molar-refractivity contribution >= 4 is 11.6 Å². The standard InChI is InChI=1S/C23H43ClN2.CH4.H3N.3H2O/c1-6-7-8-14-25-22(18(2)3)16-26-15-13-21(23(4,5)17-26)19-9-11-20(24)12-10-19;;;;;/h9,11,18-22,25H,6-8,10,12-17H2,1-5H3;1H4;1H3;3*1H2/t19?,20?,21-,22+;;;;;/m1...../s1. The van der Waals surface area contributed by atoms with Crippen molar-refractivity contribution in [2.45, 2.75) is 92.0 Å². The Morgan fingerprint density at radius 1 is 1.06 bits per heavy atom.